The Bertz CT molecular complexity index is 1430. The van der Waals surface area contributed by atoms with Gasteiger partial charge in [-0.25, -0.2) is 8.42 Å². The first kappa shape index (κ1) is 30.8. The zero-order valence-corrected chi connectivity index (χ0v) is 25.1. The van der Waals surface area contributed by atoms with Crippen LogP contribution in [0.15, 0.2) is 71.6 Å². The van der Waals surface area contributed by atoms with E-state index in [9.17, 15) is 18.0 Å². The summed E-state index contributed by atoms with van der Waals surface area (Å²) in [6.07, 6.45) is 0. The van der Waals surface area contributed by atoms with Crippen molar-refractivity contribution in [3.05, 3.63) is 92.9 Å². The Hall–Kier alpha value is -2.78. The van der Waals surface area contributed by atoms with Gasteiger partial charge in [-0.3, -0.25) is 13.9 Å². The fourth-order valence-electron chi connectivity index (χ4n) is 3.79. The van der Waals surface area contributed by atoms with E-state index in [-0.39, 0.29) is 29.1 Å². The van der Waals surface area contributed by atoms with Gasteiger partial charge in [0.05, 0.1) is 10.6 Å². The molecule has 11 heteroatoms. The molecule has 0 saturated heterocycles. The van der Waals surface area contributed by atoms with Crippen molar-refractivity contribution in [2.24, 2.45) is 0 Å². The molecule has 3 rings (SSSR count). The van der Waals surface area contributed by atoms with Crippen LogP contribution in [-0.2, 0) is 26.2 Å². The van der Waals surface area contributed by atoms with Crippen LogP contribution in [0.4, 0.5) is 5.69 Å². The van der Waals surface area contributed by atoms with E-state index in [2.05, 4.69) is 5.32 Å². The minimum absolute atomic E-state index is 0.0220. The van der Waals surface area contributed by atoms with Crippen LogP contribution >= 0.6 is 34.8 Å². The molecule has 0 heterocycles. The summed E-state index contributed by atoms with van der Waals surface area (Å²) in [5, 5.41) is 3.96. The monoisotopic (exact) mass is 609 g/mol. The van der Waals surface area contributed by atoms with Crippen LogP contribution < -0.4 is 9.62 Å². The molecule has 0 saturated carbocycles. The maximum absolute atomic E-state index is 13.9. The highest BCUT2D eigenvalue weighted by Crippen LogP contribution is 2.27. The summed E-state index contributed by atoms with van der Waals surface area (Å²) in [6.45, 7) is 6.44. The van der Waals surface area contributed by atoms with Gasteiger partial charge in [-0.05, 0) is 81.8 Å². The summed E-state index contributed by atoms with van der Waals surface area (Å²) in [6, 6.07) is 16.2. The maximum atomic E-state index is 13.9. The number of nitrogens with zero attached hydrogens (tertiary/aromatic N) is 2. The van der Waals surface area contributed by atoms with Gasteiger partial charge in [0, 0.05) is 27.7 Å². The van der Waals surface area contributed by atoms with E-state index in [1.807, 2.05) is 20.8 Å². The highest BCUT2D eigenvalue weighted by molar-refractivity contribution is 7.92. The van der Waals surface area contributed by atoms with Gasteiger partial charge in [0.1, 0.15) is 12.6 Å². The molecule has 1 N–H and O–H groups in total. The zero-order chi connectivity index (χ0) is 28.9. The molecule has 0 unspecified atom stereocenters. The van der Waals surface area contributed by atoms with Crippen molar-refractivity contribution in [3.63, 3.8) is 0 Å². The van der Waals surface area contributed by atoms with E-state index in [0.717, 1.165) is 9.87 Å². The summed E-state index contributed by atoms with van der Waals surface area (Å²) < 4.78 is 28.6. The predicted octanol–water partition coefficient (Wildman–Crippen LogP) is 6.09. The number of hydrogen-bond donors (Lipinski definition) is 1. The van der Waals surface area contributed by atoms with Gasteiger partial charge in [-0.1, -0.05) is 58.6 Å². The van der Waals surface area contributed by atoms with Gasteiger partial charge in [0.15, 0.2) is 0 Å². The largest absolute Gasteiger partial charge is 0.352 e. The van der Waals surface area contributed by atoms with Crippen LogP contribution in [0.1, 0.15) is 31.9 Å². The van der Waals surface area contributed by atoms with Crippen LogP contribution in [0, 0.1) is 6.92 Å². The third-order valence-corrected chi connectivity index (χ3v) is 8.58. The molecule has 0 aliphatic heterocycles. The fraction of sp³-hybridized carbons (Fsp3) is 0.286. The second-order valence-corrected chi connectivity index (χ2v) is 12.5. The molecule has 39 heavy (non-hydrogen) atoms. The number of aryl methyl sites for hydroxylation is 1. The van der Waals surface area contributed by atoms with Crippen molar-refractivity contribution in [1.82, 2.24) is 10.2 Å². The highest BCUT2D eigenvalue weighted by Gasteiger charge is 2.33. The Morgan fingerprint density at radius 3 is 2.03 bits per heavy atom. The molecule has 0 aliphatic rings. The van der Waals surface area contributed by atoms with Crippen LogP contribution in [0.3, 0.4) is 0 Å². The van der Waals surface area contributed by atoms with Gasteiger partial charge in [0.2, 0.25) is 11.8 Å². The number of hydrogen-bond acceptors (Lipinski definition) is 4. The molecule has 0 fully saturated rings. The number of sulfonamides is 1. The molecule has 3 aromatic carbocycles. The van der Waals surface area contributed by atoms with E-state index in [0.29, 0.717) is 20.6 Å². The Kier molecular flexibility index (Phi) is 10.3. The molecule has 7 nitrogen and oxygen atoms in total. The van der Waals surface area contributed by atoms with Crippen LogP contribution in [0.2, 0.25) is 15.1 Å². The Balaban J connectivity index is 2.04. The lowest BCUT2D eigenvalue weighted by Gasteiger charge is -2.32. The maximum Gasteiger partial charge on any atom is 0.264 e. The first-order chi connectivity index (χ1) is 18.3. The van der Waals surface area contributed by atoms with Crippen molar-refractivity contribution >= 4 is 62.3 Å². The quantitative estimate of drug-likeness (QED) is 0.301. The molecule has 0 radical (unpaired) electrons. The minimum atomic E-state index is -4.17. The SMILES string of the molecule is Cc1ccc(S(=O)(=O)N(CC(=O)N(Cc2ccc(Cl)cc2Cl)[C@H](C)C(=O)NC(C)C)c2ccc(Cl)cc2)cc1. The highest BCUT2D eigenvalue weighted by atomic mass is 35.5. The summed E-state index contributed by atoms with van der Waals surface area (Å²) in [5.74, 6) is -0.985. The molecule has 208 valence electrons. The number of rotatable bonds is 10. The number of anilines is 1. The number of carbonyl (C=O) groups is 2. The standard InChI is InChI=1S/C28H30Cl3N3O4S/c1-18(2)32-28(36)20(4)33(16-21-7-8-23(30)15-26(21)31)27(35)17-34(24-11-9-22(29)10-12-24)39(37,38)25-13-5-19(3)6-14-25/h5-15,18,20H,16-17H2,1-4H3,(H,32,36)/t20-/m1/s1. The number of benzene rings is 3. The molecule has 2 amide bonds. The zero-order valence-electron chi connectivity index (χ0n) is 22.0. The summed E-state index contributed by atoms with van der Waals surface area (Å²) in [5.41, 5.74) is 1.69. The normalized spacial score (nSPS) is 12.2. The summed E-state index contributed by atoms with van der Waals surface area (Å²) >= 11 is 18.5. The molecule has 0 aromatic heterocycles. The number of carbonyl (C=O) groups excluding carboxylic acids is 2. The van der Waals surface area contributed by atoms with E-state index < -0.39 is 28.5 Å². The fourth-order valence-corrected chi connectivity index (χ4v) is 5.80. The van der Waals surface area contributed by atoms with Gasteiger partial charge in [-0.15, -0.1) is 0 Å². The topological polar surface area (TPSA) is 86.8 Å². The summed E-state index contributed by atoms with van der Waals surface area (Å²) in [4.78, 5) is 28.2. The lowest BCUT2D eigenvalue weighted by molar-refractivity contribution is -0.139. The third kappa shape index (κ3) is 7.88. The Labute approximate surface area is 244 Å². The van der Waals surface area contributed by atoms with E-state index in [1.54, 1.807) is 49.4 Å². The van der Waals surface area contributed by atoms with Crippen molar-refractivity contribution in [2.45, 2.75) is 51.2 Å². The van der Waals surface area contributed by atoms with Gasteiger partial charge in [0.25, 0.3) is 10.0 Å². The molecule has 0 bridgehead atoms. The lowest BCUT2D eigenvalue weighted by Crippen LogP contribution is -2.52. The van der Waals surface area contributed by atoms with Gasteiger partial charge < -0.3 is 10.2 Å². The molecular formula is C28H30Cl3N3O4S. The molecule has 0 aliphatic carbocycles. The minimum Gasteiger partial charge on any atom is -0.352 e. The van der Waals surface area contributed by atoms with Crippen molar-refractivity contribution in [3.8, 4) is 0 Å². The second kappa shape index (κ2) is 13.0. The molecule has 1 atom stereocenters. The van der Waals surface area contributed by atoms with E-state index in [1.165, 1.54) is 29.2 Å². The van der Waals surface area contributed by atoms with Crippen LogP contribution in [0.5, 0.6) is 0 Å². The molecular weight excluding hydrogens is 581 g/mol. The Morgan fingerprint density at radius 2 is 1.46 bits per heavy atom. The van der Waals surface area contributed by atoms with E-state index in [4.69, 9.17) is 34.8 Å². The smallest absolute Gasteiger partial charge is 0.264 e. The Morgan fingerprint density at radius 1 is 0.872 bits per heavy atom. The first-order valence-corrected chi connectivity index (χ1v) is 14.8. The number of nitrogens with one attached hydrogen (secondary N) is 1. The van der Waals surface area contributed by atoms with Crippen molar-refractivity contribution in [2.75, 3.05) is 10.8 Å². The average molecular weight is 611 g/mol. The van der Waals surface area contributed by atoms with Crippen molar-refractivity contribution in [1.29, 1.82) is 0 Å². The van der Waals surface area contributed by atoms with Crippen molar-refractivity contribution < 1.29 is 18.0 Å². The van der Waals surface area contributed by atoms with E-state index >= 15 is 0 Å². The predicted molar refractivity (Wildman–Crippen MR) is 157 cm³/mol. The molecule has 0 spiro atoms. The van der Waals surface area contributed by atoms with Crippen LogP contribution in [0.25, 0.3) is 0 Å². The van der Waals surface area contributed by atoms with Gasteiger partial charge >= 0.3 is 0 Å². The average Bonchev–Trinajstić information content (AvgIpc) is 2.86. The number of halogens is 3. The van der Waals surface area contributed by atoms with Gasteiger partial charge in [-0.2, -0.15) is 0 Å². The summed E-state index contributed by atoms with van der Waals surface area (Å²) in [7, 11) is -4.17. The lowest BCUT2D eigenvalue weighted by atomic mass is 10.1. The number of amides is 2. The third-order valence-electron chi connectivity index (χ3n) is 5.96. The first-order valence-electron chi connectivity index (χ1n) is 12.2. The van der Waals surface area contributed by atoms with Crippen LogP contribution in [-0.4, -0.2) is 43.8 Å². The molecule has 3 aromatic rings. The second-order valence-electron chi connectivity index (χ2n) is 9.40.